The van der Waals surface area contributed by atoms with Gasteiger partial charge in [0.2, 0.25) is 0 Å². The highest BCUT2D eigenvalue weighted by Crippen LogP contribution is 2.34. The monoisotopic (exact) mass is 287 g/mol. The maximum absolute atomic E-state index is 11.7. The van der Waals surface area contributed by atoms with Crippen LogP contribution in [0.25, 0.3) is 0 Å². The first-order valence-corrected chi connectivity index (χ1v) is 6.17. The van der Waals surface area contributed by atoms with Crippen LogP contribution in [0.5, 0.6) is 0 Å². The van der Waals surface area contributed by atoms with Crippen molar-refractivity contribution >= 4 is 21.9 Å². The van der Waals surface area contributed by atoms with Crippen LogP contribution in [0.3, 0.4) is 0 Å². The van der Waals surface area contributed by atoms with Crippen LogP contribution in [0.15, 0.2) is 4.47 Å². The zero-order valence-electron chi connectivity index (χ0n) is 10.4. The molecule has 4 heteroatoms. The number of hydrogen-bond donors (Lipinski definition) is 0. The number of methoxy groups -OCH3 is 1. The Morgan fingerprint density at radius 1 is 1.56 bits per heavy atom. The minimum absolute atomic E-state index is 0.283. The molecule has 0 N–H and O–H groups in total. The highest BCUT2D eigenvalue weighted by atomic mass is 79.9. The summed E-state index contributed by atoms with van der Waals surface area (Å²) >= 11 is 3.51. The molecular formula is C12H18BrNO2. The average molecular weight is 288 g/mol. The minimum atomic E-state index is -0.283. The second-order valence-electron chi connectivity index (χ2n) is 4.02. The van der Waals surface area contributed by atoms with Crippen LogP contribution < -0.4 is 0 Å². The molecule has 0 aliphatic heterocycles. The van der Waals surface area contributed by atoms with Gasteiger partial charge in [0.05, 0.1) is 17.1 Å². The molecule has 0 spiro atoms. The molecular weight excluding hydrogens is 270 g/mol. The Morgan fingerprint density at radius 2 is 2.12 bits per heavy atom. The molecule has 1 heterocycles. The number of hydrogen-bond acceptors (Lipinski definition) is 2. The molecule has 0 saturated heterocycles. The summed E-state index contributed by atoms with van der Waals surface area (Å²) in [6, 6.07) is 0. The number of nitrogens with zero attached hydrogens (tertiary/aromatic N) is 1. The van der Waals surface area contributed by atoms with Crippen LogP contribution >= 0.6 is 15.9 Å². The Balaban J connectivity index is 3.39. The normalized spacial score (nSPS) is 12.6. The lowest BCUT2D eigenvalue weighted by molar-refractivity contribution is 0.0599. The quantitative estimate of drug-likeness (QED) is 0.798. The highest BCUT2D eigenvalue weighted by molar-refractivity contribution is 9.10. The number of aromatic nitrogens is 1. The molecule has 0 fully saturated rings. The molecule has 3 nitrogen and oxygen atoms in total. The van der Waals surface area contributed by atoms with Crippen molar-refractivity contribution < 1.29 is 9.53 Å². The third-order valence-corrected chi connectivity index (χ3v) is 3.94. The maximum Gasteiger partial charge on any atom is 0.340 e. The topological polar surface area (TPSA) is 31.2 Å². The van der Waals surface area contributed by atoms with E-state index < -0.39 is 0 Å². The average Bonchev–Trinajstić information content (AvgIpc) is 2.49. The van der Waals surface area contributed by atoms with Crippen LogP contribution in [-0.2, 0) is 11.8 Å². The maximum atomic E-state index is 11.7. The van der Waals surface area contributed by atoms with Gasteiger partial charge in [-0.25, -0.2) is 4.79 Å². The summed E-state index contributed by atoms with van der Waals surface area (Å²) in [7, 11) is 3.39. The van der Waals surface area contributed by atoms with E-state index in [1.165, 1.54) is 7.11 Å². The van der Waals surface area contributed by atoms with Gasteiger partial charge in [0.25, 0.3) is 0 Å². The number of ether oxygens (including phenoxy) is 1. The fourth-order valence-corrected chi connectivity index (χ4v) is 2.97. The van der Waals surface area contributed by atoms with Crippen molar-refractivity contribution in [1.29, 1.82) is 0 Å². The van der Waals surface area contributed by atoms with Gasteiger partial charge in [-0.05, 0) is 35.2 Å². The lowest BCUT2D eigenvalue weighted by Crippen LogP contribution is -2.04. The molecule has 0 radical (unpaired) electrons. The molecule has 0 bridgehead atoms. The van der Waals surface area contributed by atoms with E-state index in [0.29, 0.717) is 11.5 Å². The van der Waals surface area contributed by atoms with Crippen molar-refractivity contribution in [3.63, 3.8) is 0 Å². The SMILES string of the molecule is CCC(C)c1c(Br)c(C(=O)OC)c(C)n1C. The Kier molecular flexibility index (Phi) is 4.19. The Bertz CT molecular complexity index is 410. The lowest BCUT2D eigenvalue weighted by atomic mass is 10.0. The van der Waals surface area contributed by atoms with Gasteiger partial charge in [-0.1, -0.05) is 13.8 Å². The van der Waals surface area contributed by atoms with E-state index in [4.69, 9.17) is 4.74 Å². The Hall–Kier alpha value is -0.770. The van der Waals surface area contributed by atoms with Crippen molar-refractivity contribution in [2.45, 2.75) is 33.1 Å². The number of rotatable bonds is 3. The van der Waals surface area contributed by atoms with E-state index in [9.17, 15) is 4.79 Å². The molecule has 0 aliphatic carbocycles. The number of halogens is 1. The summed E-state index contributed by atoms with van der Waals surface area (Å²) in [4.78, 5) is 11.7. The summed E-state index contributed by atoms with van der Waals surface area (Å²) < 4.78 is 7.73. The zero-order chi connectivity index (χ0) is 12.5. The van der Waals surface area contributed by atoms with Crippen LogP contribution in [0.2, 0.25) is 0 Å². The summed E-state index contributed by atoms with van der Waals surface area (Å²) in [6.45, 7) is 6.22. The van der Waals surface area contributed by atoms with E-state index in [0.717, 1.165) is 22.3 Å². The van der Waals surface area contributed by atoms with E-state index in [1.807, 2.05) is 14.0 Å². The smallest absolute Gasteiger partial charge is 0.340 e. The van der Waals surface area contributed by atoms with Crippen molar-refractivity contribution in [3.05, 3.63) is 21.4 Å². The summed E-state index contributed by atoms with van der Waals surface area (Å²) in [5.41, 5.74) is 2.73. The van der Waals surface area contributed by atoms with Gasteiger partial charge in [-0.2, -0.15) is 0 Å². The summed E-state index contributed by atoms with van der Waals surface area (Å²) in [5.74, 6) is 0.131. The summed E-state index contributed by atoms with van der Waals surface area (Å²) in [6.07, 6.45) is 1.04. The molecule has 1 atom stereocenters. The first-order chi connectivity index (χ1) is 7.45. The number of carbonyl (C=O) groups excluding carboxylic acids is 1. The fraction of sp³-hybridized carbons (Fsp3) is 0.583. The molecule has 0 aliphatic rings. The second-order valence-corrected chi connectivity index (χ2v) is 4.81. The van der Waals surface area contributed by atoms with E-state index in [2.05, 4.69) is 34.3 Å². The van der Waals surface area contributed by atoms with Gasteiger partial charge in [-0.15, -0.1) is 0 Å². The van der Waals surface area contributed by atoms with Crippen LogP contribution in [0.1, 0.15) is 47.9 Å². The second kappa shape index (κ2) is 5.04. The molecule has 16 heavy (non-hydrogen) atoms. The first-order valence-electron chi connectivity index (χ1n) is 5.38. The van der Waals surface area contributed by atoms with Crippen molar-refractivity contribution in [2.75, 3.05) is 7.11 Å². The number of carbonyl (C=O) groups is 1. The third kappa shape index (κ3) is 2.03. The first kappa shape index (κ1) is 13.3. The molecule has 0 amide bonds. The van der Waals surface area contributed by atoms with Crippen LogP contribution in [0, 0.1) is 6.92 Å². The molecule has 1 aromatic heterocycles. The van der Waals surface area contributed by atoms with Gasteiger partial charge in [-0.3, -0.25) is 0 Å². The summed E-state index contributed by atoms with van der Waals surface area (Å²) in [5, 5.41) is 0. The molecule has 1 aromatic rings. The fourth-order valence-electron chi connectivity index (χ4n) is 1.86. The predicted molar refractivity (Wildman–Crippen MR) is 67.9 cm³/mol. The zero-order valence-corrected chi connectivity index (χ0v) is 12.0. The number of esters is 1. The standard InChI is InChI=1S/C12H18BrNO2/c1-6-7(2)11-10(13)9(12(15)16-5)8(3)14(11)4/h7H,6H2,1-5H3. The largest absolute Gasteiger partial charge is 0.465 e. The predicted octanol–water partition coefficient (Wildman–Crippen LogP) is 3.40. The lowest BCUT2D eigenvalue weighted by Gasteiger charge is -2.11. The molecule has 1 unspecified atom stereocenters. The molecule has 0 saturated carbocycles. The Labute approximate surface area is 105 Å². The molecule has 1 rings (SSSR count). The van der Waals surface area contributed by atoms with E-state index in [1.54, 1.807) is 0 Å². The molecule has 90 valence electrons. The van der Waals surface area contributed by atoms with Crippen LogP contribution in [-0.4, -0.2) is 17.6 Å². The highest BCUT2D eigenvalue weighted by Gasteiger charge is 2.24. The minimum Gasteiger partial charge on any atom is -0.465 e. The van der Waals surface area contributed by atoms with E-state index in [-0.39, 0.29) is 5.97 Å². The third-order valence-electron chi connectivity index (χ3n) is 3.14. The van der Waals surface area contributed by atoms with Gasteiger partial charge in [0.15, 0.2) is 0 Å². The van der Waals surface area contributed by atoms with Crippen molar-refractivity contribution in [3.8, 4) is 0 Å². The van der Waals surface area contributed by atoms with Crippen molar-refractivity contribution in [2.24, 2.45) is 7.05 Å². The van der Waals surface area contributed by atoms with Crippen LogP contribution in [0.4, 0.5) is 0 Å². The van der Waals surface area contributed by atoms with Gasteiger partial charge < -0.3 is 9.30 Å². The van der Waals surface area contributed by atoms with Gasteiger partial charge >= 0.3 is 5.97 Å². The Morgan fingerprint density at radius 3 is 2.56 bits per heavy atom. The van der Waals surface area contributed by atoms with Gasteiger partial charge in [0, 0.05) is 18.4 Å². The van der Waals surface area contributed by atoms with Gasteiger partial charge in [0.1, 0.15) is 0 Å². The van der Waals surface area contributed by atoms with Crippen molar-refractivity contribution in [1.82, 2.24) is 4.57 Å². The molecule has 0 aromatic carbocycles. The van der Waals surface area contributed by atoms with E-state index >= 15 is 0 Å².